The molecule has 1 aliphatic carbocycles. The van der Waals surface area contributed by atoms with Crippen molar-refractivity contribution in [3.8, 4) is 0 Å². The number of rotatable bonds is 4. The molecule has 2 atom stereocenters. The van der Waals surface area contributed by atoms with E-state index in [1.54, 1.807) is 23.8 Å². The quantitative estimate of drug-likeness (QED) is 0.781. The average Bonchev–Trinajstić information content (AvgIpc) is 3.12. The van der Waals surface area contributed by atoms with Gasteiger partial charge in [-0.3, -0.25) is 9.59 Å². The Morgan fingerprint density at radius 1 is 1.39 bits per heavy atom. The topological polar surface area (TPSA) is 60.9 Å². The highest BCUT2D eigenvalue weighted by atomic mass is 16.3. The summed E-state index contributed by atoms with van der Waals surface area (Å²) in [4.78, 5) is 27.7. The molecule has 0 aromatic rings. The second-order valence-electron chi connectivity index (χ2n) is 5.44. The van der Waals surface area contributed by atoms with Crippen molar-refractivity contribution >= 4 is 11.8 Å². The maximum absolute atomic E-state index is 12.3. The predicted molar refractivity (Wildman–Crippen MR) is 66.8 cm³/mol. The SMILES string of the molecule is CC(CO)N(C)C(=O)C1CCCN1C(=O)C1CC1. The van der Waals surface area contributed by atoms with Gasteiger partial charge in [-0.05, 0) is 32.6 Å². The van der Waals surface area contributed by atoms with Crippen LogP contribution in [0.15, 0.2) is 0 Å². The van der Waals surface area contributed by atoms with Crippen LogP contribution in [0.25, 0.3) is 0 Å². The zero-order valence-corrected chi connectivity index (χ0v) is 11.1. The molecule has 2 aliphatic rings. The minimum atomic E-state index is -0.308. The fourth-order valence-corrected chi connectivity index (χ4v) is 2.43. The summed E-state index contributed by atoms with van der Waals surface area (Å²) in [5.41, 5.74) is 0. The number of hydrogen-bond donors (Lipinski definition) is 1. The maximum atomic E-state index is 12.3. The first-order valence-electron chi connectivity index (χ1n) is 6.74. The van der Waals surface area contributed by atoms with Crippen LogP contribution >= 0.6 is 0 Å². The molecule has 1 heterocycles. The van der Waals surface area contributed by atoms with Crippen molar-refractivity contribution in [3.05, 3.63) is 0 Å². The van der Waals surface area contributed by atoms with Crippen LogP contribution in [0.2, 0.25) is 0 Å². The van der Waals surface area contributed by atoms with Crippen LogP contribution in [-0.4, -0.2) is 59.0 Å². The minimum absolute atomic E-state index is 0.0388. The van der Waals surface area contributed by atoms with Crippen molar-refractivity contribution in [2.45, 2.75) is 44.7 Å². The van der Waals surface area contributed by atoms with Crippen LogP contribution in [0.1, 0.15) is 32.6 Å². The van der Waals surface area contributed by atoms with Crippen LogP contribution < -0.4 is 0 Å². The molecule has 1 N–H and O–H groups in total. The largest absolute Gasteiger partial charge is 0.394 e. The molecule has 1 saturated heterocycles. The van der Waals surface area contributed by atoms with Gasteiger partial charge in [-0.15, -0.1) is 0 Å². The fourth-order valence-electron chi connectivity index (χ4n) is 2.43. The molecular formula is C13H22N2O3. The number of likely N-dealkylation sites (tertiary alicyclic amines) is 1. The Morgan fingerprint density at radius 2 is 2.06 bits per heavy atom. The molecule has 102 valence electrons. The fraction of sp³-hybridized carbons (Fsp3) is 0.846. The van der Waals surface area contributed by atoms with E-state index in [2.05, 4.69) is 0 Å². The molecule has 0 spiro atoms. The van der Waals surface area contributed by atoms with Gasteiger partial charge in [0.1, 0.15) is 6.04 Å². The number of hydrogen-bond acceptors (Lipinski definition) is 3. The molecule has 2 amide bonds. The second kappa shape index (κ2) is 5.26. The first kappa shape index (κ1) is 13.3. The monoisotopic (exact) mass is 254 g/mol. The highest BCUT2D eigenvalue weighted by molar-refractivity contribution is 5.90. The zero-order chi connectivity index (χ0) is 13.3. The lowest BCUT2D eigenvalue weighted by Crippen LogP contribution is -2.50. The van der Waals surface area contributed by atoms with Crippen LogP contribution in [0, 0.1) is 5.92 Å². The normalized spacial score (nSPS) is 25.1. The smallest absolute Gasteiger partial charge is 0.245 e. The summed E-state index contributed by atoms with van der Waals surface area (Å²) in [6, 6.07) is -0.506. The third kappa shape index (κ3) is 2.51. The number of carbonyl (C=O) groups excluding carboxylic acids is 2. The summed E-state index contributed by atoms with van der Waals surface area (Å²) in [7, 11) is 1.70. The lowest BCUT2D eigenvalue weighted by atomic mass is 10.1. The van der Waals surface area contributed by atoms with Crippen molar-refractivity contribution < 1.29 is 14.7 Å². The van der Waals surface area contributed by atoms with E-state index in [9.17, 15) is 9.59 Å². The van der Waals surface area contributed by atoms with Gasteiger partial charge in [-0.2, -0.15) is 0 Å². The number of amides is 2. The summed E-state index contributed by atoms with van der Waals surface area (Å²) < 4.78 is 0. The zero-order valence-electron chi connectivity index (χ0n) is 11.1. The standard InChI is InChI=1S/C13H22N2O3/c1-9(8-16)14(2)13(18)11-4-3-7-15(11)12(17)10-5-6-10/h9-11,16H,3-8H2,1-2H3. The summed E-state index contributed by atoms with van der Waals surface area (Å²) in [6.45, 7) is 2.46. The Hall–Kier alpha value is -1.10. The number of aliphatic hydroxyl groups excluding tert-OH is 1. The van der Waals surface area contributed by atoms with E-state index < -0.39 is 0 Å². The molecule has 0 bridgehead atoms. The third-order valence-corrected chi connectivity index (χ3v) is 4.02. The van der Waals surface area contributed by atoms with E-state index in [0.717, 1.165) is 25.7 Å². The lowest BCUT2D eigenvalue weighted by Gasteiger charge is -2.30. The molecule has 2 rings (SSSR count). The number of aliphatic hydroxyl groups is 1. The van der Waals surface area contributed by atoms with E-state index in [-0.39, 0.29) is 36.4 Å². The van der Waals surface area contributed by atoms with Crippen LogP contribution in [-0.2, 0) is 9.59 Å². The van der Waals surface area contributed by atoms with Gasteiger partial charge in [0.25, 0.3) is 0 Å². The van der Waals surface area contributed by atoms with Crippen molar-refractivity contribution in [3.63, 3.8) is 0 Å². The Labute approximate surface area is 108 Å². The number of likely N-dealkylation sites (N-methyl/N-ethyl adjacent to an activating group) is 1. The molecule has 1 aliphatic heterocycles. The number of carbonyl (C=O) groups is 2. The third-order valence-electron chi connectivity index (χ3n) is 4.02. The number of nitrogens with zero attached hydrogens (tertiary/aromatic N) is 2. The molecule has 5 nitrogen and oxygen atoms in total. The Bertz CT molecular complexity index is 341. The van der Waals surface area contributed by atoms with Crippen molar-refractivity contribution in [1.82, 2.24) is 9.80 Å². The van der Waals surface area contributed by atoms with E-state index in [0.29, 0.717) is 6.54 Å². The predicted octanol–water partition coefficient (Wildman–Crippen LogP) is 0.227. The minimum Gasteiger partial charge on any atom is -0.394 e. The van der Waals surface area contributed by atoms with Gasteiger partial charge in [0.15, 0.2) is 0 Å². The molecule has 18 heavy (non-hydrogen) atoms. The molecular weight excluding hydrogens is 232 g/mol. The van der Waals surface area contributed by atoms with E-state index in [1.807, 2.05) is 0 Å². The molecule has 0 radical (unpaired) electrons. The van der Waals surface area contributed by atoms with Gasteiger partial charge in [0.2, 0.25) is 11.8 Å². The molecule has 2 unspecified atom stereocenters. The van der Waals surface area contributed by atoms with Gasteiger partial charge >= 0.3 is 0 Å². The first-order valence-corrected chi connectivity index (χ1v) is 6.74. The van der Waals surface area contributed by atoms with Crippen molar-refractivity contribution in [2.24, 2.45) is 5.92 Å². The van der Waals surface area contributed by atoms with E-state index in [1.165, 1.54) is 0 Å². The van der Waals surface area contributed by atoms with E-state index in [4.69, 9.17) is 5.11 Å². The molecule has 1 saturated carbocycles. The maximum Gasteiger partial charge on any atom is 0.245 e. The van der Waals surface area contributed by atoms with Crippen LogP contribution in [0.4, 0.5) is 0 Å². The van der Waals surface area contributed by atoms with Gasteiger partial charge in [-0.25, -0.2) is 0 Å². The van der Waals surface area contributed by atoms with Gasteiger partial charge in [0.05, 0.1) is 12.6 Å². The van der Waals surface area contributed by atoms with Gasteiger partial charge in [-0.1, -0.05) is 0 Å². The van der Waals surface area contributed by atoms with E-state index >= 15 is 0 Å². The Balaban J connectivity index is 2.01. The summed E-state index contributed by atoms with van der Waals surface area (Å²) in [6.07, 6.45) is 3.59. The Morgan fingerprint density at radius 3 is 2.61 bits per heavy atom. The molecule has 0 aromatic carbocycles. The Kier molecular flexibility index (Phi) is 3.90. The highest BCUT2D eigenvalue weighted by Crippen LogP contribution is 2.34. The van der Waals surface area contributed by atoms with Crippen LogP contribution in [0.5, 0.6) is 0 Å². The molecule has 0 aromatic heterocycles. The summed E-state index contributed by atoms with van der Waals surface area (Å²) in [5, 5.41) is 9.10. The second-order valence-corrected chi connectivity index (χ2v) is 5.44. The first-order chi connectivity index (χ1) is 8.56. The van der Waals surface area contributed by atoms with Gasteiger partial charge < -0.3 is 14.9 Å². The lowest BCUT2D eigenvalue weighted by molar-refractivity contribution is -0.145. The highest BCUT2D eigenvalue weighted by Gasteiger charge is 2.41. The molecule has 2 fully saturated rings. The van der Waals surface area contributed by atoms with Crippen molar-refractivity contribution in [2.75, 3.05) is 20.2 Å². The summed E-state index contributed by atoms with van der Waals surface area (Å²) in [5.74, 6) is 0.276. The van der Waals surface area contributed by atoms with Crippen LogP contribution in [0.3, 0.4) is 0 Å². The average molecular weight is 254 g/mol. The summed E-state index contributed by atoms with van der Waals surface area (Å²) >= 11 is 0. The molecule has 5 heteroatoms. The van der Waals surface area contributed by atoms with Gasteiger partial charge in [0, 0.05) is 19.5 Å². The van der Waals surface area contributed by atoms with Crippen molar-refractivity contribution in [1.29, 1.82) is 0 Å².